The van der Waals surface area contributed by atoms with Gasteiger partial charge in [0.05, 0.1) is 10.5 Å². The lowest BCUT2D eigenvalue weighted by Gasteiger charge is -1.93. The molecule has 0 aromatic heterocycles. The Morgan fingerprint density at radius 2 is 2.27 bits per heavy atom. The third-order valence-electron chi connectivity index (χ3n) is 1.66. The third kappa shape index (κ3) is 2.74. The van der Waals surface area contributed by atoms with E-state index in [2.05, 4.69) is 0 Å². The molecule has 1 aromatic rings. The Balaban J connectivity index is 3.12. The van der Waals surface area contributed by atoms with Gasteiger partial charge in [-0.05, 0) is 11.6 Å². The lowest BCUT2D eigenvalue weighted by atomic mass is 10.1. The van der Waals surface area contributed by atoms with E-state index in [0.717, 1.165) is 0 Å². The Morgan fingerprint density at radius 1 is 1.53 bits per heavy atom. The van der Waals surface area contributed by atoms with Crippen molar-refractivity contribution in [2.75, 3.05) is 0 Å². The molecule has 0 saturated carbocycles. The topological polar surface area (TPSA) is 84.0 Å². The number of nitro benzene ring substituents is 1. The van der Waals surface area contributed by atoms with Crippen molar-refractivity contribution >= 4 is 18.0 Å². The molecular weight excluding hydrogens is 196 g/mol. The predicted octanol–water partition coefficient (Wildman–Crippen LogP) is 1.70. The minimum Gasteiger partial charge on any atom is -0.297 e. The lowest BCUT2D eigenvalue weighted by Crippen LogP contribution is -1.88. The fourth-order valence-corrected chi connectivity index (χ4v) is 1.00. The van der Waals surface area contributed by atoms with Crippen LogP contribution in [0.1, 0.15) is 5.56 Å². The molecule has 0 atom stereocenters. The van der Waals surface area contributed by atoms with Gasteiger partial charge in [-0.3, -0.25) is 14.9 Å². The van der Waals surface area contributed by atoms with E-state index < -0.39 is 4.92 Å². The molecule has 5 nitrogen and oxygen atoms in total. The number of allylic oxidation sites excluding steroid dienone is 1. The molecule has 1 rings (SSSR count). The zero-order chi connectivity index (χ0) is 11.3. The fourth-order valence-electron chi connectivity index (χ4n) is 1.00. The van der Waals surface area contributed by atoms with Gasteiger partial charge in [-0.15, -0.1) is 0 Å². The number of hydrogen-bond acceptors (Lipinski definition) is 4. The number of benzene rings is 1. The molecule has 0 aliphatic carbocycles. The summed E-state index contributed by atoms with van der Waals surface area (Å²) in [5.41, 5.74) is 0.301. The molecule has 0 aliphatic rings. The largest absolute Gasteiger partial charge is 0.297 e. The van der Waals surface area contributed by atoms with Crippen LogP contribution in [0.5, 0.6) is 0 Å². The van der Waals surface area contributed by atoms with E-state index in [1.807, 2.05) is 0 Å². The molecule has 0 aliphatic heterocycles. The minimum absolute atomic E-state index is 0.0736. The van der Waals surface area contributed by atoms with Gasteiger partial charge >= 0.3 is 0 Å². The quantitative estimate of drug-likeness (QED) is 0.245. The van der Waals surface area contributed by atoms with Gasteiger partial charge in [-0.25, -0.2) is 0 Å². The monoisotopic (exact) mass is 202 g/mol. The number of nitrogens with zero attached hydrogens (tertiary/aromatic N) is 2. The Labute approximate surface area is 85.4 Å². The van der Waals surface area contributed by atoms with Gasteiger partial charge in [0.2, 0.25) is 0 Å². The standard InChI is InChI=1S/C10H6N2O3/c11-6-9(7-13)4-8-2-1-3-10(5-8)12(14)15/h1-5,7H. The van der Waals surface area contributed by atoms with Crippen molar-refractivity contribution in [3.8, 4) is 6.07 Å². The van der Waals surface area contributed by atoms with Gasteiger partial charge in [-0.2, -0.15) is 5.26 Å². The molecule has 0 saturated heterocycles. The van der Waals surface area contributed by atoms with Crippen molar-refractivity contribution in [2.24, 2.45) is 0 Å². The molecule has 0 spiro atoms. The average Bonchev–Trinajstić information content (AvgIpc) is 2.26. The van der Waals surface area contributed by atoms with Gasteiger partial charge in [-0.1, -0.05) is 12.1 Å². The van der Waals surface area contributed by atoms with Crippen LogP contribution < -0.4 is 0 Å². The predicted molar refractivity (Wildman–Crippen MR) is 52.8 cm³/mol. The van der Waals surface area contributed by atoms with Crippen LogP contribution in [0.4, 0.5) is 5.69 Å². The summed E-state index contributed by atoms with van der Waals surface area (Å²) >= 11 is 0. The number of carbonyl (C=O) groups is 1. The van der Waals surface area contributed by atoms with Gasteiger partial charge in [0.15, 0.2) is 6.29 Å². The molecule has 5 heteroatoms. The van der Waals surface area contributed by atoms with Crippen LogP contribution >= 0.6 is 0 Å². The third-order valence-corrected chi connectivity index (χ3v) is 1.66. The zero-order valence-electron chi connectivity index (χ0n) is 7.58. The first-order valence-electron chi connectivity index (χ1n) is 3.99. The van der Waals surface area contributed by atoms with E-state index in [4.69, 9.17) is 5.26 Å². The molecule has 0 radical (unpaired) electrons. The number of non-ortho nitro benzene ring substituents is 1. The molecule has 0 fully saturated rings. The van der Waals surface area contributed by atoms with Gasteiger partial charge in [0.25, 0.3) is 5.69 Å². The normalized spacial score (nSPS) is 10.5. The summed E-state index contributed by atoms with van der Waals surface area (Å²) in [5, 5.41) is 18.9. The van der Waals surface area contributed by atoms with Crippen LogP contribution in [-0.4, -0.2) is 11.2 Å². The van der Waals surface area contributed by atoms with Crippen molar-refractivity contribution in [3.05, 3.63) is 45.5 Å². The maximum atomic E-state index is 10.4. The highest BCUT2D eigenvalue weighted by molar-refractivity contribution is 5.86. The number of nitriles is 1. The molecule has 0 N–H and O–H groups in total. The summed E-state index contributed by atoms with van der Waals surface area (Å²) in [6.45, 7) is 0. The van der Waals surface area contributed by atoms with E-state index in [1.54, 1.807) is 12.1 Å². The smallest absolute Gasteiger partial charge is 0.270 e. The first kappa shape index (κ1) is 10.6. The van der Waals surface area contributed by atoms with Crippen molar-refractivity contribution < 1.29 is 9.72 Å². The van der Waals surface area contributed by atoms with E-state index in [0.29, 0.717) is 11.8 Å². The van der Waals surface area contributed by atoms with Crippen LogP contribution in [0, 0.1) is 21.4 Å². The van der Waals surface area contributed by atoms with Crippen molar-refractivity contribution in [1.29, 1.82) is 5.26 Å². The van der Waals surface area contributed by atoms with Crippen LogP contribution in [0.3, 0.4) is 0 Å². The molecule has 0 unspecified atom stereocenters. The summed E-state index contributed by atoms with van der Waals surface area (Å²) in [6.07, 6.45) is 1.69. The Hall–Kier alpha value is -2.48. The van der Waals surface area contributed by atoms with Crippen LogP contribution in [-0.2, 0) is 4.79 Å². The van der Waals surface area contributed by atoms with E-state index in [1.165, 1.54) is 24.3 Å². The van der Waals surface area contributed by atoms with Crippen LogP contribution in [0.15, 0.2) is 29.8 Å². The number of aldehydes is 1. The summed E-state index contributed by atoms with van der Waals surface area (Å²) in [5.74, 6) is 0. The Kier molecular flexibility index (Phi) is 3.30. The van der Waals surface area contributed by atoms with Crippen LogP contribution in [0.2, 0.25) is 0 Å². The second kappa shape index (κ2) is 4.67. The fraction of sp³-hybridized carbons (Fsp3) is 0. The second-order valence-corrected chi connectivity index (χ2v) is 2.68. The van der Waals surface area contributed by atoms with Gasteiger partial charge < -0.3 is 0 Å². The number of nitro groups is 1. The molecule has 15 heavy (non-hydrogen) atoms. The molecule has 0 heterocycles. The van der Waals surface area contributed by atoms with E-state index in [-0.39, 0.29) is 11.3 Å². The molecule has 0 amide bonds. The summed E-state index contributed by atoms with van der Waals surface area (Å²) in [4.78, 5) is 20.2. The summed E-state index contributed by atoms with van der Waals surface area (Å²) in [6, 6.07) is 7.37. The van der Waals surface area contributed by atoms with Gasteiger partial charge in [0.1, 0.15) is 6.07 Å². The first-order valence-corrected chi connectivity index (χ1v) is 3.99. The SMILES string of the molecule is N#CC(C=O)=Cc1cccc([N+](=O)[O-])c1. The lowest BCUT2D eigenvalue weighted by molar-refractivity contribution is -0.384. The second-order valence-electron chi connectivity index (χ2n) is 2.68. The summed E-state index contributed by atoms with van der Waals surface area (Å²) < 4.78 is 0. The molecule has 74 valence electrons. The Bertz CT molecular complexity index is 472. The number of carbonyl (C=O) groups excluding carboxylic acids is 1. The Morgan fingerprint density at radius 3 is 2.80 bits per heavy atom. The molecule has 0 bridgehead atoms. The summed E-state index contributed by atoms with van der Waals surface area (Å²) in [7, 11) is 0. The molecule has 1 aromatic carbocycles. The highest BCUT2D eigenvalue weighted by Gasteiger charge is 2.04. The zero-order valence-corrected chi connectivity index (χ0v) is 7.58. The van der Waals surface area contributed by atoms with Crippen molar-refractivity contribution in [1.82, 2.24) is 0 Å². The van der Waals surface area contributed by atoms with E-state index >= 15 is 0 Å². The van der Waals surface area contributed by atoms with E-state index in [9.17, 15) is 14.9 Å². The maximum absolute atomic E-state index is 10.4. The highest BCUT2D eigenvalue weighted by atomic mass is 16.6. The van der Waals surface area contributed by atoms with Crippen molar-refractivity contribution in [3.63, 3.8) is 0 Å². The van der Waals surface area contributed by atoms with Gasteiger partial charge in [0, 0.05) is 12.1 Å². The van der Waals surface area contributed by atoms with Crippen LogP contribution in [0.25, 0.3) is 6.08 Å². The van der Waals surface area contributed by atoms with Crippen molar-refractivity contribution in [2.45, 2.75) is 0 Å². The number of hydrogen-bond donors (Lipinski definition) is 0. The maximum Gasteiger partial charge on any atom is 0.270 e. The number of rotatable bonds is 3. The highest BCUT2D eigenvalue weighted by Crippen LogP contribution is 2.14. The minimum atomic E-state index is -0.537. The molecular formula is C10H6N2O3. The average molecular weight is 202 g/mol. The first-order chi connectivity index (χ1) is 7.17.